The third kappa shape index (κ3) is 4.00. The Labute approximate surface area is 99.0 Å². The van der Waals surface area contributed by atoms with Crippen molar-refractivity contribution in [2.45, 2.75) is 26.7 Å². The highest BCUT2D eigenvalue weighted by Gasteiger charge is 2.18. The molecule has 4 heteroatoms. The number of carbonyl (C=O) groups is 1. The summed E-state index contributed by atoms with van der Waals surface area (Å²) >= 11 is 0. The third-order valence-corrected chi connectivity index (χ3v) is 3.31. The van der Waals surface area contributed by atoms with Crippen molar-refractivity contribution in [2.24, 2.45) is 5.92 Å². The van der Waals surface area contributed by atoms with E-state index in [-0.39, 0.29) is 6.03 Å². The van der Waals surface area contributed by atoms with Crippen molar-refractivity contribution < 1.29 is 4.79 Å². The van der Waals surface area contributed by atoms with Gasteiger partial charge < -0.3 is 15.1 Å². The molecular formula is C12H25N3O. The van der Waals surface area contributed by atoms with E-state index < -0.39 is 0 Å². The van der Waals surface area contributed by atoms with E-state index in [1.807, 2.05) is 18.7 Å². The summed E-state index contributed by atoms with van der Waals surface area (Å²) in [6.07, 6.45) is 2.49. The quantitative estimate of drug-likeness (QED) is 0.787. The fraction of sp³-hybridized carbons (Fsp3) is 0.917. The van der Waals surface area contributed by atoms with Crippen LogP contribution >= 0.6 is 0 Å². The zero-order valence-corrected chi connectivity index (χ0v) is 10.8. The SMILES string of the molecule is CCN(CC)C(=O)NCC1CCCN(C)C1. The van der Waals surface area contributed by atoms with Gasteiger partial charge in [-0.1, -0.05) is 0 Å². The zero-order valence-electron chi connectivity index (χ0n) is 10.8. The molecule has 94 valence electrons. The summed E-state index contributed by atoms with van der Waals surface area (Å²) in [6, 6.07) is 0.0817. The predicted molar refractivity (Wildman–Crippen MR) is 66.5 cm³/mol. The number of piperidine rings is 1. The van der Waals surface area contributed by atoms with Crippen LogP contribution in [0.25, 0.3) is 0 Å². The number of nitrogens with zero attached hydrogens (tertiary/aromatic N) is 2. The molecule has 0 spiro atoms. The van der Waals surface area contributed by atoms with Gasteiger partial charge in [-0.25, -0.2) is 4.79 Å². The van der Waals surface area contributed by atoms with Crippen molar-refractivity contribution in [1.29, 1.82) is 0 Å². The lowest BCUT2D eigenvalue weighted by atomic mass is 9.99. The highest BCUT2D eigenvalue weighted by Crippen LogP contribution is 2.13. The molecule has 1 aliphatic rings. The van der Waals surface area contributed by atoms with E-state index in [2.05, 4.69) is 17.3 Å². The second kappa shape index (κ2) is 6.74. The Morgan fingerprint density at radius 2 is 2.12 bits per heavy atom. The molecule has 2 amide bonds. The molecule has 1 heterocycles. The minimum atomic E-state index is 0.0817. The summed E-state index contributed by atoms with van der Waals surface area (Å²) in [5.74, 6) is 0.623. The molecule has 1 saturated heterocycles. The standard InChI is InChI=1S/C12H25N3O/c1-4-15(5-2)12(16)13-9-11-7-6-8-14(3)10-11/h11H,4-10H2,1-3H3,(H,13,16). The fourth-order valence-corrected chi connectivity index (χ4v) is 2.29. The van der Waals surface area contributed by atoms with E-state index in [4.69, 9.17) is 0 Å². The molecule has 1 N–H and O–H groups in total. The lowest BCUT2D eigenvalue weighted by Gasteiger charge is -2.30. The number of urea groups is 1. The summed E-state index contributed by atoms with van der Waals surface area (Å²) in [6.45, 7) is 8.72. The molecule has 1 fully saturated rings. The number of hydrogen-bond donors (Lipinski definition) is 1. The number of amides is 2. The first kappa shape index (κ1) is 13.3. The number of likely N-dealkylation sites (tertiary alicyclic amines) is 1. The summed E-state index contributed by atoms with van der Waals surface area (Å²) in [5, 5.41) is 3.04. The van der Waals surface area contributed by atoms with Crippen molar-refractivity contribution >= 4 is 6.03 Å². The van der Waals surface area contributed by atoms with Gasteiger partial charge in [-0.2, -0.15) is 0 Å². The van der Waals surface area contributed by atoms with E-state index in [1.165, 1.54) is 19.4 Å². The highest BCUT2D eigenvalue weighted by molar-refractivity contribution is 5.74. The Kier molecular flexibility index (Phi) is 5.60. The summed E-state index contributed by atoms with van der Waals surface area (Å²) in [4.78, 5) is 15.9. The van der Waals surface area contributed by atoms with Gasteiger partial charge in [0.15, 0.2) is 0 Å². The molecule has 0 radical (unpaired) electrons. The molecule has 1 unspecified atom stereocenters. The average Bonchev–Trinajstić information content (AvgIpc) is 2.28. The number of hydrogen-bond acceptors (Lipinski definition) is 2. The van der Waals surface area contributed by atoms with Crippen LogP contribution in [-0.2, 0) is 0 Å². The van der Waals surface area contributed by atoms with E-state index >= 15 is 0 Å². The van der Waals surface area contributed by atoms with Gasteiger partial charge in [-0.15, -0.1) is 0 Å². The van der Waals surface area contributed by atoms with E-state index in [0.29, 0.717) is 5.92 Å². The number of carbonyl (C=O) groups excluding carboxylic acids is 1. The molecule has 0 aromatic heterocycles. The van der Waals surface area contributed by atoms with Crippen molar-refractivity contribution in [1.82, 2.24) is 15.1 Å². The van der Waals surface area contributed by atoms with Crippen LogP contribution in [0.15, 0.2) is 0 Å². The zero-order chi connectivity index (χ0) is 12.0. The summed E-state index contributed by atoms with van der Waals surface area (Å²) < 4.78 is 0. The van der Waals surface area contributed by atoms with Gasteiger partial charge in [-0.3, -0.25) is 0 Å². The normalized spacial score (nSPS) is 21.8. The van der Waals surface area contributed by atoms with E-state index in [9.17, 15) is 4.79 Å². The maximum absolute atomic E-state index is 11.7. The van der Waals surface area contributed by atoms with Gasteiger partial charge in [0.1, 0.15) is 0 Å². The summed E-state index contributed by atoms with van der Waals surface area (Å²) in [5.41, 5.74) is 0. The van der Waals surface area contributed by atoms with E-state index in [0.717, 1.165) is 26.2 Å². The third-order valence-electron chi connectivity index (χ3n) is 3.31. The molecule has 4 nitrogen and oxygen atoms in total. The van der Waals surface area contributed by atoms with Gasteiger partial charge in [-0.05, 0) is 46.2 Å². The Morgan fingerprint density at radius 3 is 2.69 bits per heavy atom. The Morgan fingerprint density at radius 1 is 1.44 bits per heavy atom. The van der Waals surface area contributed by atoms with Gasteiger partial charge >= 0.3 is 6.03 Å². The minimum Gasteiger partial charge on any atom is -0.338 e. The van der Waals surface area contributed by atoms with Crippen LogP contribution in [-0.4, -0.2) is 55.6 Å². The average molecular weight is 227 g/mol. The van der Waals surface area contributed by atoms with Crippen LogP contribution in [0.2, 0.25) is 0 Å². The molecule has 0 saturated carbocycles. The topological polar surface area (TPSA) is 35.6 Å². The summed E-state index contributed by atoms with van der Waals surface area (Å²) in [7, 11) is 2.15. The van der Waals surface area contributed by atoms with Crippen molar-refractivity contribution in [3.05, 3.63) is 0 Å². The molecule has 0 aliphatic carbocycles. The van der Waals surface area contributed by atoms with Crippen LogP contribution in [0.1, 0.15) is 26.7 Å². The molecule has 1 aliphatic heterocycles. The van der Waals surface area contributed by atoms with Crippen molar-refractivity contribution in [3.8, 4) is 0 Å². The molecule has 0 aromatic rings. The van der Waals surface area contributed by atoms with Crippen LogP contribution in [0.3, 0.4) is 0 Å². The fourth-order valence-electron chi connectivity index (χ4n) is 2.29. The van der Waals surface area contributed by atoms with Crippen LogP contribution < -0.4 is 5.32 Å². The maximum Gasteiger partial charge on any atom is 0.317 e. The van der Waals surface area contributed by atoms with Gasteiger partial charge in [0.2, 0.25) is 0 Å². The van der Waals surface area contributed by atoms with Gasteiger partial charge in [0, 0.05) is 26.2 Å². The van der Waals surface area contributed by atoms with Gasteiger partial charge in [0.25, 0.3) is 0 Å². The Balaban J connectivity index is 2.25. The molecule has 1 rings (SSSR count). The van der Waals surface area contributed by atoms with Crippen molar-refractivity contribution in [2.75, 3.05) is 39.8 Å². The van der Waals surface area contributed by atoms with Gasteiger partial charge in [0.05, 0.1) is 0 Å². The largest absolute Gasteiger partial charge is 0.338 e. The second-order valence-corrected chi connectivity index (χ2v) is 4.63. The molecule has 16 heavy (non-hydrogen) atoms. The molecule has 0 bridgehead atoms. The highest BCUT2D eigenvalue weighted by atomic mass is 16.2. The Hall–Kier alpha value is -0.770. The first-order chi connectivity index (χ1) is 7.67. The molecule has 1 atom stereocenters. The maximum atomic E-state index is 11.7. The van der Waals surface area contributed by atoms with Crippen LogP contribution in [0, 0.1) is 5.92 Å². The first-order valence-corrected chi connectivity index (χ1v) is 6.38. The Bertz CT molecular complexity index is 216. The van der Waals surface area contributed by atoms with Crippen LogP contribution in [0.5, 0.6) is 0 Å². The number of rotatable bonds is 4. The lowest BCUT2D eigenvalue weighted by molar-refractivity contribution is 0.186. The van der Waals surface area contributed by atoms with Crippen LogP contribution in [0.4, 0.5) is 4.79 Å². The molecular weight excluding hydrogens is 202 g/mol. The van der Waals surface area contributed by atoms with E-state index in [1.54, 1.807) is 0 Å². The first-order valence-electron chi connectivity index (χ1n) is 6.38. The second-order valence-electron chi connectivity index (χ2n) is 4.63. The monoisotopic (exact) mass is 227 g/mol. The minimum absolute atomic E-state index is 0.0817. The van der Waals surface area contributed by atoms with Crippen molar-refractivity contribution in [3.63, 3.8) is 0 Å². The lowest BCUT2D eigenvalue weighted by Crippen LogP contribution is -2.44. The predicted octanol–water partition coefficient (Wildman–Crippen LogP) is 1.38. The number of nitrogens with one attached hydrogen (secondary N) is 1. The smallest absolute Gasteiger partial charge is 0.317 e. The molecule has 0 aromatic carbocycles.